The van der Waals surface area contributed by atoms with Gasteiger partial charge < -0.3 is 4.98 Å². The molecular formula is C3H3BrCl2N2. The van der Waals surface area contributed by atoms with Crippen LogP contribution in [0.4, 0.5) is 0 Å². The lowest BCUT2D eigenvalue weighted by molar-refractivity contribution is 1.31. The van der Waals surface area contributed by atoms with Crippen LogP contribution in [0.3, 0.4) is 0 Å². The number of hydrogen-bond acceptors (Lipinski definition) is 1. The molecule has 0 aliphatic rings. The summed E-state index contributed by atoms with van der Waals surface area (Å²) in [5, 5.41) is 0.711. The van der Waals surface area contributed by atoms with Crippen LogP contribution in [-0.4, -0.2) is 9.97 Å². The smallest absolute Gasteiger partial charge is 0.165 e. The molecule has 2 nitrogen and oxygen atoms in total. The number of hydrogen-bond donors (Lipinski definition) is 1. The summed E-state index contributed by atoms with van der Waals surface area (Å²) < 4.78 is 0. The second-order valence-electron chi connectivity index (χ2n) is 1.01. The molecule has 0 saturated heterocycles. The van der Waals surface area contributed by atoms with Crippen LogP contribution in [0.1, 0.15) is 0 Å². The van der Waals surface area contributed by atoms with Crippen molar-refractivity contribution in [2.75, 3.05) is 0 Å². The first kappa shape index (κ1) is 8.27. The summed E-state index contributed by atoms with van der Waals surface area (Å²) in [5.41, 5.74) is 0. The van der Waals surface area contributed by atoms with Crippen LogP contribution in [0.2, 0.25) is 10.3 Å². The Bertz CT molecular complexity index is 148. The third-order valence-electron chi connectivity index (χ3n) is 0.550. The van der Waals surface area contributed by atoms with Crippen LogP contribution in [-0.2, 0) is 0 Å². The molecule has 1 aromatic heterocycles. The molecule has 0 atom stereocenters. The molecule has 0 unspecified atom stereocenters. The minimum Gasteiger partial charge on any atom is -0.334 e. The molecule has 46 valence electrons. The Labute approximate surface area is 67.0 Å². The highest BCUT2D eigenvalue weighted by Crippen LogP contribution is 2.13. The van der Waals surface area contributed by atoms with Crippen molar-refractivity contribution in [3.63, 3.8) is 0 Å². The van der Waals surface area contributed by atoms with Gasteiger partial charge in [-0.15, -0.1) is 17.0 Å². The molecule has 0 saturated carbocycles. The van der Waals surface area contributed by atoms with Gasteiger partial charge in [-0.2, -0.15) is 0 Å². The van der Waals surface area contributed by atoms with Crippen LogP contribution in [0.5, 0.6) is 0 Å². The van der Waals surface area contributed by atoms with E-state index in [1.807, 2.05) is 0 Å². The summed E-state index contributed by atoms with van der Waals surface area (Å²) in [6, 6.07) is 0. The van der Waals surface area contributed by atoms with Crippen LogP contribution < -0.4 is 0 Å². The van der Waals surface area contributed by atoms with Crippen molar-refractivity contribution >= 4 is 40.2 Å². The summed E-state index contributed by atoms with van der Waals surface area (Å²) in [5.74, 6) is 0. The van der Waals surface area contributed by atoms with Crippen molar-refractivity contribution in [2.24, 2.45) is 0 Å². The SMILES string of the molecule is Br.Clc1nc[nH]c1Cl. The van der Waals surface area contributed by atoms with E-state index in [9.17, 15) is 0 Å². The number of H-pyrrole nitrogens is 1. The Kier molecular flexibility index (Phi) is 3.44. The quantitative estimate of drug-likeness (QED) is 0.710. The maximum atomic E-state index is 5.37. The van der Waals surface area contributed by atoms with Gasteiger partial charge in [0.1, 0.15) is 5.15 Å². The minimum absolute atomic E-state index is 0. The highest BCUT2D eigenvalue weighted by atomic mass is 79.9. The highest BCUT2D eigenvalue weighted by Gasteiger charge is 1.93. The Morgan fingerprint density at radius 2 is 2.12 bits per heavy atom. The third kappa shape index (κ3) is 1.65. The zero-order valence-electron chi connectivity index (χ0n) is 3.69. The van der Waals surface area contributed by atoms with E-state index in [2.05, 4.69) is 9.97 Å². The summed E-state index contributed by atoms with van der Waals surface area (Å²) >= 11 is 10.7. The third-order valence-corrected chi connectivity index (χ3v) is 1.22. The molecule has 0 amide bonds. The second kappa shape index (κ2) is 3.33. The summed E-state index contributed by atoms with van der Waals surface area (Å²) in [7, 11) is 0. The monoisotopic (exact) mass is 216 g/mol. The molecule has 8 heavy (non-hydrogen) atoms. The van der Waals surface area contributed by atoms with Crippen molar-refractivity contribution in [3.8, 4) is 0 Å². The zero-order valence-corrected chi connectivity index (χ0v) is 6.91. The zero-order chi connectivity index (χ0) is 5.28. The summed E-state index contributed by atoms with van der Waals surface area (Å²) in [6.07, 6.45) is 1.44. The molecule has 1 heterocycles. The first-order chi connectivity index (χ1) is 3.30. The maximum Gasteiger partial charge on any atom is 0.165 e. The number of aromatic nitrogens is 2. The van der Waals surface area contributed by atoms with E-state index in [4.69, 9.17) is 23.2 Å². The van der Waals surface area contributed by atoms with E-state index >= 15 is 0 Å². The van der Waals surface area contributed by atoms with Crippen LogP contribution in [0, 0.1) is 0 Å². The molecule has 5 heteroatoms. The summed E-state index contributed by atoms with van der Waals surface area (Å²) in [4.78, 5) is 6.18. The van der Waals surface area contributed by atoms with Crippen molar-refractivity contribution in [1.82, 2.24) is 9.97 Å². The molecular weight excluding hydrogens is 215 g/mol. The molecule has 1 N–H and O–H groups in total. The number of imidazole rings is 1. The second-order valence-corrected chi connectivity index (χ2v) is 1.74. The molecule has 0 spiro atoms. The number of nitrogens with zero attached hydrogens (tertiary/aromatic N) is 1. The van der Waals surface area contributed by atoms with Crippen LogP contribution in [0.15, 0.2) is 6.33 Å². The predicted octanol–water partition coefficient (Wildman–Crippen LogP) is 2.29. The van der Waals surface area contributed by atoms with Gasteiger partial charge in [0.2, 0.25) is 0 Å². The van der Waals surface area contributed by atoms with Crippen LogP contribution in [0.25, 0.3) is 0 Å². The van der Waals surface area contributed by atoms with Gasteiger partial charge in [0.25, 0.3) is 0 Å². The first-order valence-electron chi connectivity index (χ1n) is 1.65. The van der Waals surface area contributed by atoms with E-state index < -0.39 is 0 Å². The Hall–Kier alpha value is 0.270. The fourth-order valence-electron chi connectivity index (χ4n) is 0.262. The van der Waals surface area contributed by atoms with Gasteiger partial charge in [-0.25, -0.2) is 4.98 Å². The van der Waals surface area contributed by atoms with E-state index in [-0.39, 0.29) is 17.0 Å². The Morgan fingerprint density at radius 3 is 2.25 bits per heavy atom. The average molecular weight is 218 g/mol. The molecule has 0 aliphatic carbocycles. The Morgan fingerprint density at radius 1 is 1.50 bits per heavy atom. The lowest BCUT2D eigenvalue weighted by atomic mass is 10.9. The molecule has 0 aromatic carbocycles. The maximum absolute atomic E-state index is 5.37. The number of rotatable bonds is 0. The largest absolute Gasteiger partial charge is 0.334 e. The molecule has 0 fully saturated rings. The Balaban J connectivity index is 0.000000490. The van der Waals surface area contributed by atoms with Gasteiger partial charge in [-0.3, -0.25) is 0 Å². The first-order valence-corrected chi connectivity index (χ1v) is 2.40. The number of halogens is 3. The van der Waals surface area contributed by atoms with E-state index in [0.29, 0.717) is 10.3 Å². The normalized spacial score (nSPS) is 8.25. The highest BCUT2D eigenvalue weighted by molar-refractivity contribution is 8.93. The van der Waals surface area contributed by atoms with Gasteiger partial charge in [-0.1, -0.05) is 23.2 Å². The van der Waals surface area contributed by atoms with Gasteiger partial charge >= 0.3 is 0 Å². The molecule has 1 aromatic rings. The molecule has 1 rings (SSSR count). The molecule has 0 bridgehead atoms. The summed E-state index contributed by atoms with van der Waals surface area (Å²) in [6.45, 7) is 0. The van der Waals surface area contributed by atoms with Gasteiger partial charge in [-0.05, 0) is 0 Å². The molecule has 0 aliphatic heterocycles. The van der Waals surface area contributed by atoms with E-state index in [1.165, 1.54) is 6.33 Å². The average Bonchev–Trinajstić information content (AvgIpc) is 1.91. The van der Waals surface area contributed by atoms with Crippen molar-refractivity contribution in [1.29, 1.82) is 0 Å². The number of nitrogens with one attached hydrogen (secondary N) is 1. The van der Waals surface area contributed by atoms with Gasteiger partial charge in [0.15, 0.2) is 5.15 Å². The van der Waals surface area contributed by atoms with E-state index in [1.54, 1.807) is 0 Å². The predicted molar refractivity (Wildman–Crippen MR) is 38.9 cm³/mol. The topological polar surface area (TPSA) is 28.7 Å². The fourth-order valence-corrected chi connectivity index (χ4v) is 0.463. The van der Waals surface area contributed by atoms with Crippen LogP contribution >= 0.6 is 40.2 Å². The standard InChI is InChI=1S/C3H2Cl2N2.BrH/c4-2-3(5)7-1-6-2;/h1H,(H,6,7);1H. The van der Waals surface area contributed by atoms with Crippen molar-refractivity contribution < 1.29 is 0 Å². The lowest BCUT2D eigenvalue weighted by Gasteiger charge is -1.72. The fraction of sp³-hybridized carbons (Fsp3) is 0. The van der Waals surface area contributed by atoms with E-state index in [0.717, 1.165) is 0 Å². The lowest BCUT2D eigenvalue weighted by Crippen LogP contribution is -1.56. The van der Waals surface area contributed by atoms with Crippen molar-refractivity contribution in [3.05, 3.63) is 16.6 Å². The van der Waals surface area contributed by atoms with Crippen molar-refractivity contribution in [2.45, 2.75) is 0 Å². The van der Waals surface area contributed by atoms with Gasteiger partial charge in [0, 0.05) is 0 Å². The van der Waals surface area contributed by atoms with Gasteiger partial charge in [0.05, 0.1) is 6.33 Å². The number of aromatic amines is 1. The molecule has 0 radical (unpaired) electrons. The minimum atomic E-state index is 0.